The monoisotopic (exact) mass is 390 g/mol. The summed E-state index contributed by atoms with van der Waals surface area (Å²) in [4.78, 5) is 12.9. The molecule has 1 saturated carbocycles. The van der Waals surface area contributed by atoms with Crippen LogP contribution in [0.25, 0.3) is 0 Å². The third-order valence-corrected chi connectivity index (χ3v) is 8.38. The number of rotatable bonds is 4. The Bertz CT molecular complexity index is 792. The largest absolute Gasteiger partial charge is 0.353 e. The van der Waals surface area contributed by atoms with Crippen molar-refractivity contribution in [2.45, 2.75) is 75.1 Å². The molecule has 5 nitrogen and oxygen atoms in total. The second-order valence-corrected chi connectivity index (χ2v) is 10.2. The molecule has 1 N–H and O–H groups in total. The first-order valence-electron chi connectivity index (χ1n) is 10.5. The maximum Gasteiger partial charge on any atom is 0.243 e. The number of hydrogen-bond donors (Lipinski definition) is 1. The van der Waals surface area contributed by atoms with Crippen LogP contribution < -0.4 is 5.32 Å². The lowest BCUT2D eigenvalue weighted by atomic mass is 9.92. The Balaban J connectivity index is 1.39. The lowest BCUT2D eigenvalue weighted by Gasteiger charge is -2.31. The number of piperidine rings is 1. The van der Waals surface area contributed by atoms with E-state index in [0.29, 0.717) is 36.9 Å². The van der Waals surface area contributed by atoms with Crippen LogP contribution in [0, 0.1) is 5.92 Å². The Labute approximate surface area is 162 Å². The van der Waals surface area contributed by atoms with E-state index in [1.54, 1.807) is 10.4 Å². The van der Waals surface area contributed by atoms with Gasteiger partial charge in [-0.3, -0.25) is 4.79 Å². The number of fused-ring (bicyclic) bond motifs is 1. The van der Waals surface area contributed by atoms with E-state index in [-0.39, 0.29) is 11.8 Å². The molecule has 0 spiro atoms. The van der Waals surface area contributed by atoms with Gasteiger partial charge in [-0.25, -0.2) is 8.42 Å². The molecule has 6 heteroatoms. The molecule has 1 heterocycles. The zero-order valence-electron chi connectivity index (χ0n) is 16.0. The Hall–Kier alpha value is -1.40. The van der Waals surface area contributed by atoms with Gasteiger partial charge in [-0.2, -0.15) is 4.31 Å². The Morgan fingerprint density at radius 1 is 0.926 bits per heavy atom. The lowest BCUT2D eigenvalue weighted by Crippen LogP contribution is -2.44. The molecular weight excluding hydrogens is 360 g/mol. The number of aryl methyl sites for hydroxylation is 2. The van der Waals surface area contributed by atoms with Gasteiger partial charge >= 0.3 is 0 Å². The summed E-state index contributed by atoms with van der Waals surface area (Å²) in [6.07, 6.45) is 10.1. The van der Waals surface area contributed by atoms with E-state index in [2.05, 4.69) is 5.32 Å². The quantitative estimate of drug-likeness (QED) is 0.859. The van der Waals surface area contributed by atoms with Crippen LogP contribution in [-0.4, -0.2) is 37.8 Å². The van der Waals surface area contributed by atoms with Gasteiger partial charge in [0.05, 0.1) is 4.90 Å². The molecule has 1 aliphatic heterocycles. The lowest BCUT2D eigenvalue weighted by molar-refractivity contribution is -0.126. The zero-order valence-corrected chi connectivity index (χ0v) is 16.8. The first kappa shape index (κ1) is 18.9. The van der Waals surface area contributed by atoms with Crippen molar-refractivity contribution in [1.29, 1.82) is 0 Å². The molecule has 0 bridgehead atoms. The second kappa shape index (κ2) is 7.92. The SMILES string of the molecule is O=C(NC1CCCC1)C1CCN(S(=O)(=O)c2ccc3c(c2)CCCC3)CC1. The van der Waals surface area contributed by atoms with Crippen molar-refractivity contribution in [1.82, 2.24) is 9.62 Å². The summed E-state index contributed by atoms with van der Waals surface area (Å²) >= 11 is 0. The predicted octanol–water partition coefficient (Wildman–Crippen LogP) is 3.02. The van der Waals surface area contributed by atoms with Crippen molar-refractivity contribution < 1.29 is 13.2 Å². The molecule has 1 saturated heterocycles. The topological polar surface area (TPSA) is 66.5 Å². The van der Waals surface area contributed by atoms with E-state index in [9.17, 15) is 13.2 Å². The van der Waals surface area contributed by atoms with Gasteiger partial charge in [0.15, 0.2) is 0 Å². The minimum Gasteiger partial charge on any atom is -0.353 e. The summed E-state index contributed by atoms with van der Waals surface area (Å²) in [7, 11) is -3.47. The van der Waals surface area contributed by atoms with Crippen LogP contribution in [0.15, 0.2) is 23.1 Å². The molecule has 0 atom stereocenters. The van der Waals surface area contributed by atoms with E-state index in [4.69, 9.17) is 0 Å². The number of carbonyl (C=O) groups is 1. The van der Waals surface area contributed by atoms with E-state index in [1.807, 2.05) is 12.1 Å². The normalized spacial score (nSPS) is 22.5. The van der Waals surface area contributed by atoms with Crippen molar-refractivity contribution >= 4 is 15.9 Å². The standard InChI is InChI=1S/C21H30N2O3S/c24-21(22-19-7-3-4-8-19)17-11-13-23(14-12-17)27(25,26)20-10-9-16-5-1-2-6-18(16)15-20/h9-10,15,17,19H,1-8,11-14H2,(H,22,24). The predicted molar refractivity (Wildman–Crippen MR) is 105 cm³/mol. The van der Waals surface area contributed by atoms with Crippen LogP contribution in [-0.2, 0) is 27.7 Å². The van der Waals surface area contributed by atoms with E-state index in [0.717, 1.165) is 32.1 Å². The van der Waals surface area contributed by atoms with Crippen LogP contribution in [0.4, 0.5) is 0 Å². The van der Waals surface area contributed by atoms with Gasteiger partial charge in [-0.15, -0.1) is 0 Å². The third kappa shape index (κ3) is 4.06. The van der Waals surface area contributed by atoms with Crippen LogP contribution >= 0.6 is 0 Å². The minimum atomic E-state index is -3.47. The minimum absolute atomic E-state index is 0.0550. The van der Waals surface area contributed by atoms with Crippen LogP contribution in [0.1, 0.15) is 62.5 Å². The maximum atomic E-state index is 13.1. The zero-order chi connectivity index (χ0) is 18.9. The number of carbonyl (C=O) groups excluding carboxylic acids is 1. The van der Waals surface area contributed by atoms with Crippen molar-refractivity contribution in [3.63, 3.8) is 0 Å². The van der Waals surface area contributed by atoms with E-state index >= 15 is 0 Å². The number of nitrogens with one attached hydrogen (secondary N) is 1. The van der Waals surface area contributed by atoms with Gasteiger partial charge < -0.3 is 5.32 Å². The molecular formula is C21H30N2O3S. The summed E-state index contributed by atoms with van der Waals surface area (Å²) < 4.78 is 27.7. The van der Waals surface area contributed by atoms with E-state index in [1.165, 1.54) is 30.4 Å². The number of hydrogen-bond acceptors (Lipinski definition) is 3. The molecule has 1 aromatic carbocycles. The molecule has 148 valence electrons. The molecule has 4 rings (SSSR count). The van der Waals surface area contributed by atoms with Crippen molar-refractivity contribution in [3.05, 3.63) is 29.3 Å². The van der Waals surface area contributed by atoms with Crippen LogP contribution in [0.2, 0.25) is 0 Å². The summed E-state index contributed by atoms with van der Waals surface area (Å²) in [5.41, 5.74) is 2.48. The average molecular weight is 391 g/mol. The number of sulfonamides is 1. The summed E-state index contributed by atoms with van der Waals surface area (Å²) in [5, 5.41) is 3.16. The van der Waals surface area contributed by atoms with Crippen LogP contribution in [0.3, 0.4) is 0 Å². The van der Waals surface area contributed by atoms with Crippen molar-refractivity contribution in [2.75, 3.05) is 13.1 Å². The van der Waals surface area contributed by atoms with Crippen LogP contribution in [0.5, 0.6) is 0 Å². The van der Waals surface area contributed by atoms with Gasteiger partial charge in [0.25, 0.3) is 0 Å². The fraction of sp³-hybridized carbons (Fsp3) is 0.667. The first-order valence-corrected chi connectivity index (χ1v) is 11.9. The average Bonchev–Trinajstić information content (AvgIpc) is 3.20. The Morgan fingerprint density at radius 2 is 1.59 bits per heavy atom. The van der Waals surface area contributed by atoms with Gasteiger partial charge in [-0.05, 0) is 74.6 Å². The molecule has 2 aliphatic carbocycles. The van der Waals surface area contributed by atoms with Gasteiger partial charge in [0, 0.05) is 25.0 Å². The molecule has 0 aromatic heterocycles. The molecule has 27 heavy (non-hydrogen) atoms. The number of nitrogens with zero attached hydrogens (tertiary/aromatic N) is 1. The van der Waals surface area contributed by atoms with Gasteiger partial charge in [0.1, 0.15) is 0 Å². The second-order valence-electron chi connectivity index (χ2n) is 8.31. The number of amides is 1. The summed E-state index contributed by atoms with van der Waals surface area (Å²) in [5.74, 6) is 0.0633. The fourth-order valence-corrected chi connectivity index (χ4v) is 6.29. The molecule has 2 fully saturated rings. The van der Waals surface area contributed by atoms with Crippen molar-refractivity contribution in [2.24, 2.45) is 5.92 Å². The maximum absolute atomic E-state index is 13.1. The molecule has 0 unspecified atom stereocenters. The molecule has 3 aliphatic rings. The molecule has 1 amide bonds. The Morgan fingerprint density at radius 3 is 2.30 bits per heavy atom. The third-order valence-electron chi connectivity index (χ3n) is 6.48. The smallest absolute Gasteiger partial charge is 0.243 e. The molecule has 0 radical (unpaired) electrons. The van der Waals surface area contributed by atoms with Gasteiger partial charge in [0.2, 0.25) is 15.9 Å². The number of benzene rings is 1. The summed E-state index contributed by atoms with van der Waals surface area (Å²) in [6, 6.07) is 5.96. The highest BCUT2D eigenvalue weighted by atomic mass is 32.2. The Kier molecular flexibility index (Phi) is 5.55. The van der Waals surface area contributed by atoms with Crippen molar-refractivity contribution in [3.8, 4) is 0 Å². The highest BCUT2D eigenvalue weighted by Crippen LogP contribution is 2.28. The highest BCUT2D eigenvalue weighted by molar-refractivity contribution is 7.89. The van der Waals surface area contributed by atoms with Gasteiger partial charge in [-0.1, -0.05) is 18.9 Å². The van der Waals surface area contributed by atoms with E-state index < -0.39 is 10.0 Å². The first-order chi connectivity index (χ1) is 13.0. The highest BCUT2D eigenvalue weighted by Gasteiger charge is 2.33. The fourth-order valence-electron chi connectivity index (χ4n) is 4.77. The summed E-state index contributed by atoms with van der Waals surface area (Å²) in [6.45, 7) is 0.865. The molecule has 1 aromatic rings.